The van der Waals surface area contributed by atoms with Crippen molar-refractivity contribution in [3.63, 3.8) is 0 Å². The number of carbonyl (C=O) groups excluding carboxylic acids is 2. The Labute approximate surface area is 193 Å². The number of carbonyl (C=O) groups is 2. The highest BCUT2D eigenvalue weighted by atomic mass is 79.9. The van der Waals surface area contributed by atoms with Gasteiger partial charge in [-0.15, -0.1) is 11.8 Å². The lowest BCUT2D eigenvalue weighted by Crippen LogP contribution is -2.27. The van der Waals surface area contributed by atoms with E-state index in [-0.39, 0.29) is 17.2 Å². The molecule has 0 radical (unpaired) electrons. The smallest absolute Gasteiger partial charge is 0.255 e. The van der Waals surface area contributed by atoms with E-state index in [1.165, 1.54) is 0 Å². The molecular weight excluding hydrogens is 476 g/mol. The van der Waals surface area contributed by atoms with E-state index in [9.17, 15) is 9.59 Å². The minimum absolute atomic E-state index is 0.0588. The fourth-order valence-corrected chi connectivity index (χ4v) is 4.83. The fourth-order valence-electron chi connectivity index (χ4n) is 3.39. The first-order valence-corrected chi connectivity index (χ1v) is 11.7. The summed E-state index contributed by atoms with van der Waals surface area (Å²) in [6, 6.07) is 22.4. The predicted molar refractivity (Wildman–Crippen MR) is 129 cm³/mol. The van der Waals surface area contributed by atoms with E-state index in [0.717, 1.165) is 21.5 Å². The summed E-state index contributed by atoms with van der Waals surface area (Å²) in [5.41, 5.74) is 3.05. The Bertz CT molecular complexity index is 1090. The topological polar surface area (TPSA) is 58.6 Å². The molecule has 1 atom stereocenters. The van der Waals surface area contributed by atoms with Gasteiger partial charge in [0.1, 0.15) is 11.1 Å². The Hall–Kier alpha value is -2.77. The standard InChI is InChI=1S/C24H21BrN2O3S/c1-2-30-21-12-10-20(11-13-21)27-22(28)15-31-24(27)17-4-3-5-19(14-17)26-23(29)16-6-8-18(25)9-7-16/h3-14,24H,2,15H2,1H3,(H,26,29)/t24-/m0/s1. The van der Waals surface area contributed by atoms with Gasteiger partial charge in [-0.05, 0) is 73.2 Å². The van der Waals surface area contributed by atoms with Crippen molar-refractivity contribution >= 4 is 50.9 Å². The van der Waals surface area contributed by atoms with Crippen molar-refractivity contribution in [2.75, 3.05) is 22.6 Å². The summed E-state index contributed by atoms with van der Waals surface area (Å²) in [6.07, 6.45) is 0. The number of halogens is 1. The van der Waals surface area contributed by atoms with E-state index < -0.39 is 0 Å². The molecule has 0 bridgehead atoms. The predicted octanol–water partition coefficient (Wildman–Crippen LogP) is 5.88. The van der Waals surface area contributed by atoms with E-state index in [1.807, 2.05) is 67.6 Å². The van der Waals surface area contributed by atoms with Crippen LogP contribution in [0.15, 0.2) is 77.3 Å². The molecular formula is C24H21BrN2O3S. The molecule has 1 fully saturated rings. The number of ether oxygens (including phenoxy) is 1. The molecule has 158 valence electrons. The molecule has 0 aromatic heterocycles. The highest BCUT2D eigenvalue weighted by Gasteiger charge is 2.34. The SMILES string of the molecule is CCOc1ccc(N2C(=O)CS[C@H]2c2cccc(NC(=O)c3ccc(Br)cc3)c2)cc1. The van der Waals surface area contributed by atoms with Gasteiger partial charge in [0.15, 0.2) is 0 Å². The third-order valence-electron chi connectivity index (χ3n) is 4.83. The maximum Gasteiger partial charge on any atom is 0.255 e. The first kappa shape index (κ1) is 21.5. The molecule has 1 saturated heterocycles. The molecule has 2 amide bonds. The van der Waals surface area contributed by atoms with Gasteiger partial charge in [0.05, 0.1) is 12.4 Å². The van der Waals surface area contributed by atoms with Crippen LogP contribution in [-0.4, -0.2) is 24.2 Å². The van der Waals surface area contributed by atoms with Crippen molar-refractivity contribution in [1.29, 1.82) is 0 Å². The summed E-state index contributed by atoms with van der Waals surface area (Å²) in [4.78, 5) is 27.0. The quantitative estimate of drug-likeness (QED) is 0.462. The van der Waals surface area contributed by atoms with Crippen LogP contribution >= 0.6 is 27.7 Å². The maximum absolute atomic E-state index is 12.6. The van der Waals surface area contributed by atoms with Gasteiger partial charge < -0.3 is 10.1 Å². The van der Waals surface area contributed by atoms with Gasteiger partial charge in [0, 0.05) is 21.4 Å². The highest BCUT2D eigenvalue weighted by molar-refractivity contribution is 9.10. The molecule has 7 heteroatoms. The molecule has 1 heterocycles. The van der Waals surface area contributed by atoms with E-state index in [0.29, 0.717) is 23.6 Å². The summed E-state index contributed by atoms with van der Waals surface area (Å²) in [5.74, 6) is 1.07. The summed E-state index contributed by atoms with van der Waals surface area (Å²) in [7, 11) is 0. The van der Waals surface area contributed by atoms with Crippen molar-refractivity contribution in [2.24, 2.45) is 0 Å². The minimum atomic E-state index is -0.178. The van der Waals surface area contributed by atoms with E-state index >= 15 is 0 Å². The minimum Gasteiger partial charge on any atom is -0.494 e. The van der Waals surface area contributed by atoms with Crippen molar-refractivity contribution in [3.05, 3.63) is 88.4 Å². The van der Waals surface area contributed by atoms with Gasteiger partial charge in [0.2, 0.25) is 5.91 Å². The second kappa shape index (κ2) is 9.58. The van der Waals surface area contributed by atoms with Gasteiger partial charge in [-0.1, -0.05) is 28.1 Å². The number of nitrogens with one attached hydrogen (secondary N) is 1. The largest absolute Gasteiger partial charge is 0.494 e. The molecule has 3 aromatic carbocycles. The molecule has 0 unspecified atom stereocenters. The summed E-state index contributed by atoms with van der Waals surface area (Å²) in [5, 5.41) is 2.79. The monoisotopic (exact) mass is 496 g/mol. The number of benzene rings is 3. The highest BCUT2D eigenvalue weighted by Crippen LogP contribution is 2.42. The molecule has 0 aliphatic carbocycles. The first-order valence-electron chi connectivity index (χ1n) is 9.88. The van der Waals surface area contributed by atoms with Crippen LogP contribution in [0.25, 0.3) is 0 Å². The average molecular weight is 497 g/mol. The maximum atomic E-state index is 12.6. The van der Waals surface area contributed by atoms with Gasteiger partial charge in [-0.2, -0.15) is 0 Å². The number of anilines is 2. The normalized spacial score (nSPS) is 15.7. The molecule has 1 N–H and O–H groups in total. The molecule has 0 saturated carbocycles. The van der Waals surface area contributed by atoms with Gasteiger partial charge in [-0.3, -0.25) is 14.5 Å². The van der Waals surface area contributed by atoms with Gasteiger partial charge >= 0.3 is 0 Å². The number of hydrogen-bond donors (Lipinski definition) is 1. The molecule has 4 rings (SSSR count). The van der Waals surface area contributed by atoms with Crippen molar-refractivity contribution in [1.82, 2.24) is 0 Å². The van der Waals surface area contributed by atoms with Crippen molar-refractivity contribution in [2.45, 2.75) is 12.3 Å². The van der Waals surface area contributed by atoms with Crippen LogP contribution in [0.1, 0.15) is 28.2 Å². The number of rotatable bonds is 6. The molecule has 31 heavy (non-hydrogen) atoms. The van der Waals surface area contributed by atoms with E-state index in [1.54, 1.807) is 28.8 Å². The Morgan fingerprint density at radius 3 is 2.58 bits per heavy atom. The van der Waals surface area contributed by atoms with Crippen LogP contribution in [0.2, 0.25) is 0 Å². The third-order valence-corrected chi connectivity index (χ3v) is 6.57. The molecule has 5 nitrogen and oxygen atoms in total. The van der Waals surface area contributed by atoms with Crippen LogP contribution in [0.4, 0.5) is 11.4 Å². The van der Waals surface area contributed by atoms with E-state index in [2.05, 4.69) is 21.2 Å². The van der Waals surface area contributed by atoms with Crippen LogP contribution in [0, 0.1) is 0 Å². The van der Waals surface area contributed by atoms with Crippen molar-refractivity contribution in [3.8, 4) is 5.75 Å². The number of nitrogens with zero attached hydrogens (tertiary/aromatic N) is 1. The zero-order valence-electron chi connectivity index (χ0n) is 16.9. The van der Waals surface area contributed by atoms with Crippen LogP contribution in [0.5, 0.6) is 5.75 Å². The van der Waals surface area contributed by atoms with Gasteiger partial charge in [0.25, 0.3) is 5.91 Å². The van der Waals surface area contributed by atoms with Gasteiger partial charge in [-0.25, -0.2) is 0 Å². The molecule has 1 aliphatic heterocycles. The Kier molecular flexibility index (Phi) is 6.63. The second-order valence-corrected chi connectivity index (χ2v) is 8.92. The molecule has 3 aromatic rings. The third kappa shape index (κ3) is 4.94. The van der Waals surface area contributed by atoms with Crippen LogP contribution in [0.3, 0.4) is 0 Å². The lowest BCUT2D eigenvalue weighted by atomic mass is 10.1. The summed E-state index contributed by atoms with van der Waals surface area (Å²) in [6.45, 7) is 2.53. The Balaban J connectivity index is 1.55. The number of thioether (sulfide) groups is 1. The summed E-state index contributed by atoms with van der Waals surface area (Å²) < 4.78 is 6.43. The van der Waals surface area contributed by atoms with E-state index in [4.69, 9.17) is 4.74 Å². The number of hydrogen-bond acceptors (Lipinski definition) is 4. The fraction of sp³-hybridized carbons (Fsp3) is 0.167. The lowest BCUT2D eigenvalue weighted by Gasteiger charge is -2.25. The van der Waals surface area contributed by atoms with Crippen molar-refractivity contribution < 1.29 is 14.3 Å². The van der Waals surface area contributed by atoms with Crippen LogP contribution in [-0.2, 0) is 4.79 Å². The average Bonchev–Trinajstić information content (AvgIpc) is 3.16. The zero-order chi connectivity index (χ0) is 21.8. The lowest BCUT2D eigenvalue weighted by molar-refractivity contribution is -0.115. The Morgan fingerprint density at radius 1 is 1.13 bits per heavy atom. The molecule has 1 aliphatic rings. The Morgan fingerprint density at radius 2 is 1.87 bits per heavy atom. The first-order chi connectivity index (χ1) is 15.0. The zero-order valence-corrected chi connectivity index (χ0v) is 19.3. The molecule has 0 spiro atoms. The number of amides is 2. The summed E-state index contributed by atoms with van der Waals surface area (Å²) >= 11 is 4.95. The van der Waals surface area contributed by atoms with Crippen LogP contribution < -0.4 is 15.0 Å². The second-order valence-electron chi connectivity index (χ2n) is 6.94.